The molecule has 0 amide bonds. The summed E-state index contributed by atoms with van der Waals surface area (Å²) in [4.78, 5) is 21.3. The number of nitrogens with two attached hydrogens (primary N) is 1. The lowest BCUT2D eigenvalue weighted by molar-refractivity contribution is 0.200. The van der Waals surface area contributed by atoms with Gasteiger partial charge in [0.1, 0.15) is 0 Å². The third-order valence-electron chi connectivity index (χ3n) is 4.04. The Morgan fingerprint density at radius 3 is 2.48 bits per heavy atom. The maximum Gasteiger partial charge on any atom is 0.293 e. The van der Waals surface area contributed by atoms with E-state index in [1.165, 1.54) is 0 Å². The van der Waals surface area contributed by atoms with Crippen molar-refractivity contribution in [2.75, 3.05) is 37.6 Å². The second kappa shape index (κ2) is 7.04. The van der Waals surface area contributed by atoms with Crippen LogP contribution in [0.3, 0.4) is 0 Å². The summed E-state index contributed by atoms with van der Waals surface area (Å²) in [5, 5.41) is 0. The number of aromatic nitrogens is 2. The minimum absolute atomic E-state index is 0.0199. The van der Waals surface area contributed by atoms with Crippen LogP contribution in [0.5, 0.6) is 0 Å². The van der Waals surface area contributed by atoms with Gasteiger partial charge in [0.2, 0.25) is 0 Å². The Hall–Kier alpha value is -1.40. The summed E-state index contributed by atoms with van der Waals surface area (Å²) < 4.78 is 1.77. The number of piperazine rings is 1. The fourth-order valence-corrected chi connectivity index (χ4v) is 2.71. The highest BCUT2D eigenvalue weighted by molar-refractivity contribution is 5.36. The van der Waals surface area contributed by atoms with E-state index < -0.39 is 0 Å². The Bertz CT molecular complexity index is 505. The van der Waals surface area contributed by atoms with E-state index in [1.54, 1.807) is 17.0 Å². The van der Waals surface area contributed by atoms with Crippen LogP contribution in [0.4, 0.5) is 5.82 Å². The molecule has 21 heavy (non-hydrogen) atoms. The highest BCUT2D eigenvalue weighted by Gasteiger charge is 2.23. The maximum absolute atomic E-state index is 12.5. The molecule has 2 heterocycles. The molecule has 1 unspecified atom stereocenters. The smallest absolute Gasteiger partial charge is 0.293 e. The summed E-state index contributed by atoms with van der Waals surface area (Å²) in [5.41, 5.74) is 5.74. The summed E-state index contributed by atoms with van der Waals surface area (Å²) in [7, 11) is 0. The predicted molar refractivity (Wildman–Crippen MR) is 85.6 cm³/mol. The van der Waals surface area contributed by atoms with E-state index in [0.29, 0.717) is 24.3 Å². The van der Waals surface area contributed by atoms with E-state index in [9.17, 15) is 4.79 Å². The molecule has 1 saturated heterocycles. The molecule has 1 aromatic rings. The zero-order valence-corrected chi connectivity index (χ0v) is 13.3. The fourth-order valence-electron chi connectivity index (χ4n) is 2.71. The Kier molecular flexibility index (Phi) is 5.36. The molecule has 2 rings (SSSR count). The molecule has 6 nitrogen and oxygen atoms in total. The highest BCUT2D eigenvalue weighted by Crippen LogP contribution is 2.11. The van der Waals surface area contributed by atoms with Crippen LogP contribution in [0.25, 0.3) is 0 Å². The number of hydrogen-bond donors (Lipinski definition) is 1. The van der Waals surface area contributed by atoms with E-state index >= 15 is 0 Å². The molecule has 0 saturated carbocycles. The molecule has 1 fully saturated rings. The molecular formula is C15H27N5O. The van der Waals surface area contributed by atoms with Gasteiger partial charge in [0.25, 0.3) is 5.56 Å². The zero-order chi connectivity index (χ0) is 15.4. The van der Waals surface area contributed by atoms with Crippen LogP contribution in [0.15, 0.2) is 17.2 Å². The summed E-state index contributed by atoms with van der Waals surface area (Å²) in [6, 6.07) is 0.397. The molecule has 0 spiro atoms. The van der Waals surface area contributed by atoms with Crippen molar-refractivity contribution in [3.8, 4) is 0 Å². The normalized spacial score (nSPS) is 18.2. The van der Waals surface area contributed by atoms with E-state index in [2.05, 4.69) is 35.6 Å². The van der Waals surface area contributed by atoms with Crippen LogP contribution in [-0.4, -0.2) is 53.2 Å². The lowest BCUT2D eigenvalue weighted by atomic mass is 10.2. The third kappa shape index (κ3) is 3.83. The molecule has 1 atom stereocenters. The minimum Gasteiger partial charge on any atom is -0.349 e. The summed E-state index contributed by atoms with van der Waals surface area (Å²) >= 11 is 0. The fraction of sp³-hybridized carbons (Fsp3) is 0.733. The molecule has 118 valence electrons. The lowest BCUT2D eigenvalue weighted by Gasteiger charge is -2.37. The maximum atomic E-state index is 12.5. The average Bonchev–Trinajstić information content (AvgIpc) is 2.48. The van der Waals surface area contributed by atoms with Crippen molar-refractivity contribution in [3.05, 3.63) is 22.7 Å². The Morgan fingerprint density at radius 2 is 1.90 bits per heavy atom. The number of hydrogen-bond acceptors (Lipinski definition) is 5. The van der Waals surface area contributed by atoms with Crippen molar-refractivity contribution in [2.24, 2.45) is 11.7 Å². The largest absolute Gasteiger partial charge is 0.349 e. The standard InChI is InChI=1S/C15H27N5O/c1-12(2)11-20-5-4-17-14(15(20)21)19-8-6-18(7-9-19)13(3)10-16/h4-5,12-13H,6-11,16H2,1-3H3. The SMILES string of the molecule is CC(C)Cn1ccnc(N2CCN(C(C)CN)CC2)c1=O. The van der Waals surface area contributed by atoms with Gasteiger partial charge < -0.3 is 15.2 Å². The molecule has 0 bridgehead atoms. The zero-order valence-electron chi connectivity index (χ0n) is 13.3. The van der Waals surface area contributed by atoms with E-state index in [1.807, 2.05) is 0 Å². The molecule has 2 N–H and O–H groups in total. The van der Waals surface area contributed by atoms with Gasteiger partial charge in [-0.15, -0.1) is 0 Å². The van der Waals surface area contributed by atoms with Crippen molar-refractivity contribution < 1.29 is 0 Å². The van der Waals surface area contributed by atoms with Gasteiger partial charge in [0.05, 0.1) is 0 Å². The first-order chi connectivity index (χ1) is 10.0. The van der Waals surface area contributed by atoms with Crippen molar-refractivity contribution in [1.82, 2.24) is 14.5 Å². The molecule has 0 aromatic carbocycles. The van der Waals surface area contributed by atoms with Crippen LogP contribution >= 0.6 is 0 Å². The Balaban J connectivity index is 2.08. The van der Waals surface area contributed by atoms with Crippen molar-refractivity contribution in [2.45, 2.75) is 33.4 Å². The molecule has 6 heteroatoms. The lowest BCUT2D eigenvalue weighted by Crippen LogP contribution is -2.52. The molecule has 1 aromatic heterocycles. The monoisotopic (exact) mass is 293 g/mol. The number of rotatable bonds is 5. The van der Waals surface area contributed by atoms with Crippen LogP contribution in [0.1, 0.15) is 20.8 Å². The summed E-state index contributed by atoms with van der Waals surface area (Å²) in [5.74, 6) is 1.03. The third-order valence-corrected chi connectivity index (χ3v) is 4.04. The first-order valence-corrected chi connectivity index (χ1v) is 7.77. The Morgan fingerprint density at radius 1 is 1.24 bits per heavy atom. The second-order valence-corrected chi connectivity index (χ2v) is 6.21. The van der Waals surface area contributed by atoms with E-state index in [4.69, 9.17) is 5.73 Å². The molecule has 0 radical (unpaired) electrons. The predicted octanol–water partition coefficient (Wildman–Crippen LogP) is 0.369. The molecule has 1 aliphatic heterocycles. The quantitative estimate of drug-likeness (QED) is 0.849. The number of anilines is 1. The van der Waals surface area contributed by atoms with Gasteiger partial charge in [-0.3, -0.25) is 9.69 Å². The first-order valence-electron chi connectivity index (χ1n) is 7.77. The van der Waals surface area contributed by atoms with E-state index in [-0.39, 0.29) is 5.56 Å². The molecule has 0 aliphatic carbocycles. The number of nitrogens with zero attached hydrogens (tertiary/aromatic N) is 4. The van der Waals surface area contributed by atoms with Crippen LogP contribution in [0.2, 0.25) is 0 Å². The molecular weight excluding hydrogens is 266 g/mol. The van der Waals surface area contributed by atoms with Gasteiger partial charge in [-0.1, -0.05) is 13.8 Å². The second-order valence-electron chi connectivity index (χ2n) is 6.21. The first kappa shape index (κ1) is 16.0. The van der Waals surface area contributed by atoms with E-state index in [0.717, 1.165) is 32.7 Å². The van der Waals surface area contributed by atoms with Gasteiger partial charge in [-0.2, -0.15) is 0 Å². The average molecular weight is 293 g/mol. The van der Waals surface area contributed by atoms with Crippen LogP contribution in [0, 0.1) is 5.92 Å². The van der Waals surface area contributed by atoms with Crippen molar-refractivity contribution in [1.29, 1.82) is 0 Å². The topological polar surface area (TPSA) is 67.4 Å². The summed E-state index contributed by atoms with van der Waals surface area (Å²) in [6.07, 6.45) is 3.51. The van der Waals surface area contributed by atoms with Crippen molar-refractivity contribution >= 4 is 5.82 Å². The van der Waals surface area contributed by atoms with Crippen LogP contribution < -0.4 is 16.2 Å². The Labute approximate surface area is 126 Å². The molecule has 1 aliphatic rings. The van der Waals surface area contributed by atoms with Gasteiger partial charge in [0.15, 0.2) is 5.82 Å². The highest BCUT2D eigenvalue weighted by atomic mass is 16.1. The van der Waals surface area contributed by atoms with Gasteiger partial charge in [-0.05, 0) is 12.8 Å². The van der Waals surface area contributed by atoms with Gasteiger partial charge in [0, 0.05) is 57.7 Å². The van der Waals surface area contributed by atoms with Gasteiger partial charge in [-0.25, -0.2) is 4.98 Å². The van der Waals surface area contributed by atoms with Crippen LogP contribution in [-0.2, 0) is 6.54 Å². The minimum atomic E-state index is 0.0199. The summed E-state index contributed by atoms with van der Waals surface area (Å²) in [6.45, 7) is 11.3. The van der Waals surface area contributed by atoms with Gasteiger partial charge >= 0.3 is 0 Å². The van der Waals surface area contributed by atoms with Crippen molar-refractivity contribution in [3.63, 3.8) is 0 Å².